The van der Waals surface area contributed by atoms with Gasteiger partial charge in [-0.25, -0.2) is 0 Å². The van der Waals surface area contributed by atoms with Gasteiger partial charge >= 0.3 is 0 Å². The van der Waals surface area contributed by atoms with Gasteiger partial charge in [0, 0.05) is 51.0 Å². The topological polar surface area (TPSA) is 82.2 Å². The summed E-state index contributed by atoms with van der Waals surface area (Å²) in [7, 11) is 1.60. The minimum atomic E-state index is -0.804. The lowest BCUT2D eigenvalue weighted by atomic mass is 10.1. The van der Waals surface area contributed by atoms with E-state index in [1.807, 2.05) is 42.5 Å². The highest BCUT2D eigenvalue weighted by Gasteiger charge is 2.35. The number of benzene rings is 2. The lowest BCUT2D eigenvalue weighted by Crippen LogP contribution is -2.59. The molecule has 3 amide bonds. The maximum absolute atomic E-state index is 13.0. The van der Waals surface area contributed by atoms with Crippen LogP contribution in [-0.2, 0) is 14.4 Å². The fraction of sp³-hybridized carbons (Fsp3) is 0.346. The Labute approximate surface area is 199 Å². The van der Waals surface area contributed by atoms with Gasteiger partial charge in [-0.3, -0.25) is 14.4 Å². The SMILES string of the molecule is COc1ccc(/C=C/C(=O)N2CCNC(=O)C2CC(=O)N2CCN(c3ccccc3)CC2)cc1. The molecule has 0 spiro atoms. The number of amides is 3. The number of carbonyl (C=O) groups is 3. The van der Waals surface area contributed by atoms with Gasteiger partial charge in [0.05, 0.1) is 13.5 Å². The van der Waals surface area contributed by atoms with Gasteiger partial charge in [-0.1, -0.05) is 30.3 Å². The number of piperazine rings is 2. The minimum absolute atomic E-state index is 0.0146. The highest BCUT2D eigenvalue weighted by molar-refractivity contribution is 5.98. The fourth-order valence-electron chi connectivity index (χ4n) is 4.31. The molecule has 34 heavy (non-hydrogen) atoms. The maximum atomic E-state index is 13.0. The van der Waals surface area contributed by atoms with Crippen molar-refractivity contribution in [2.24, 2.45) is 0 Å². The standard InChI is InChI=1S/C26H30N4O4/c1-34-22-10-7-20(8-11-22)9-12-24(31)30-14-13-27-26(33)23(30)19-25(32)29-17-15-28(16-18-29)21-5-3-2-4-6-21/h2-12,23H,13-19H2,1H3,(H,27,33)/b12-9+. The van der Waals surface area contributed by atoms with Crippen LogP contribution in [0.2, 0.25) is 0 Å². The summed E-state index contributed by atoms with van der Waals surface area (Å²) in [6.45, 7) is 3.40. The minimum Gasteiger partial charge on any atom is -0.497 e. The van der Waals surface area contributed by atoms with Crippen molar-refractivity contribution in [3.05, 3.63) is 66.2 Å². The summed E-state index contributed by atoms with van der Waals surface area (Å²) in [6.07, 6.45) is 3.14. The number of ether oxygens (including phenoxy) is 1. The van der Waals surface area contributed by atoms with E-state index in [9.17, 15) is 14.4 Å². The van der Waals surface area contributed by atoms with Crippen LogP contribution < -0.4 is 15.0 Å². The summed E-state index contributed by atoms with van der Waals surface area (Å²) in [5.74, 6) is 0.0668. The molecule has 0 saturated carbocycles. The van der Waals surface area contributed by atoms with Crippen LogP contribution in [0.1, 0.15) is 12.0 Å². The number of hydrogen-bond acceptors (Lipinski definition) is 5. The number of rotatable bonds is 6. The van der Waals surface area contributed by atoms with Crippen LogP contribution in [0.5, 0.6) is 5.75 Å². The van der Waals surface area contributed by atoms with Crippen molar-refractivity contribution < 1.29 is 19.1 Å². The summed E-state index contributed by atoms with van der Waals surface area (Å²) in [4.78, 5) is 44.1. The second kappa shape index (κ2) is 10.9. The first-order valence-corrected chi connectivity index (χ1v) is 11.5. The Morgan fingerprint density at radius 3 is 2.38 bits per heavy atom. The van der Waals surface area contributed by atoms with Gasteiger partial charge in [0.25, 0.3) is 0 Å². The highest BCUT2D eigenvalue weighted by Crippen LogP contribution is 2.18. The largest absolute Gasteiger partial charge is 0.497 e. The molecule has 2 aromatic carbocycles. The quantitative estimate of drug-likeness (QED) is 0.662. The normalized spacial score (nSPS) is 18.7. The van der Waals surface area contributed by atoms with Gasteiger partial charge < -0.3 is 24.8 Å². The molecule has 8 heteroatoms. The van der Waals surface area contributed by atoms with Crippen LogP contribution in [0.4, 0.5) is 5.69 Å². The second-order valence-electron chi connectivity index (χ2n) is 8.35. The molecule has 2 saturated heterocycles. The van der Waals surface area contributed by atoms with E-state index < -0.39 is 6.04 Å². The van der Waals surface area contributed by atoms with Crippen LogP contribution >= 0.6 is 0 Å². The molecule has 2 fully saturated rings. The molecule has 0 aromatic heterocycles. The van der Waals surface area contributed by atoms with Crippen molar-refractivity contribution in [2.45, 2.75) is 12.5 Å². The Morgan fingerprint density at radius 1 is 1.00 bits per heavy atom. The van der Waals surface area contributed by atoms with E-state index in [0.717, 1.165) is 30.1 Å². The Morgan fingerprint density at radius 2 is 1.71 bits per heavy atom. The van der Waals surface area contributed by atoms with Crippen LogP contribution in [0.3, 0.4) is 0 Å². The number of para-hydroxylation sites is 1. The van der Waals surface area contributed by atoms with Crippen molar-refractivity contribution in [3.63, 3.8) is 0 Å². The number of nitrogens with zero attached hydrogens (tertiary/aromatic N) is 3. The summed E-state index contributed by atoms with van der Waals surface area (Å²) >= 11 is 0. The van der Waals surface area contributed by atoms with Crippen molar-refractivity contribution >= 4 is 29.5 Å². The molecular weight excluding hydrogens is 432 g/mol. The molecule has 4 rings (SSSR count). The average Bonchev–Trinajstić information content (AvgIpc) is 2.89. The Hall–Kier alpha value is -3.81. The molecular formula is C26H30N4O4. The Bertz CT molecular complexity index is 1030. The molecule has 0 aliphatic carbocycles. The van der Waals surface area contributed by atoms with E-state index in [4.69, 9.17) is 4.74 Å². The van der Waals surface area contributed by atoms with Crippen LogP contribution in [-0.4, -0.2) is 79.9 Å². The van der Waals surface area contributed by atoms with Gasteiger partial charge in [0.1, 0.15) is 11.8 Å². The summed E-state index contributed by atoms with van der Waals surface area (Å²) < 4.78 is 5.15. The van der Waals surface area contributed by atoms with Gasteiger partial charge in [0.2, 0.25) is 17.7 Å². The van der Waals surface area contributed by atoms with E-state index in [-0.39, 0.29) is 24.1 Å². The molecule has 1 atom stereocenters. The van der Waals surface area contributed by atoms with E-state index in [0.29, 0.717) is 26.2 Å². The first-order valence-electron chi connectivity index (χ1n) is 11.5. The molecule has 8 nitrogen and oxygen atoms in total. The monoisotopic (exact) mass is 462 g/mol. The first-order chi connectivity index (χ1) is 16.5. The number of hydrogen-bond donors (Lipinski definition) is 1. The average molecular weight is 463 g/mol. The van der Waals surface area contributed by atoms with Crippen molar-refractivity contribution in [1.82, 2.24) is 15.1 Å². The van der Waals surface area contributed by atoms with Gasteiger partial charge in [0.15, 0.2) is 0 Å². The van der Waals surface area contributed by atoms with Gasteiger partial charge in [-0.2, -0.15) is 0 Å². The Kier molecular flexibility index (Phi) is 7.47. The molecule has 0 bridgehead atoms. The Balaban J connectivity index is 1.36. The molecule has 0 radical (unpaired) electrons. The predicted octanol–water partition coefficient (Wildman–Crippen LogP) is 1.77. The smallest absolute Gasteiger partial charge is 0.247 e. The summed E-state index contributed by atoms with van der Waals surface area (Å²) in [5.41, 5.74) is 1.99. The molecule has 2 heterocycles. The van der Waals surface area contributed by atoms with E-state index in [1.54, 1.807) is 18.1 Å². The third-order valence-electron chi connectivity index (χ3n) is 6.27. The number of nitrogens with one attached hydrogen (secondary N) is 1. The van der Waals surface area contributed by atoms with Crippen molar-refractivity contribution in [2.75, 3.05) is 51.3 Å². The van der Waals surface area contributed by atoms with Gasteiger partial charge in [-0.05, 0) is 35.9 Å². The molecule has 1 N–H and O–H groups in total. The maximum Gasteiger partial charge on any atom is 0.247 e. The first kappa shape index (κ1) is 23.4. The predicted molar refractivity (Wildman–Crippen MR) is 130 cm³/mol. The molecule has 2 aliphatic rings. The van der Waals surface area contributed by atoms with Crippen LogP contribution in [0.25, 0.3) is 6.08 Å². The molecule has 2 aromatic rings. The lowest BCUT2D eigenvalue weighted by Gasteiger charge is -2.38. The van der Waals surface area contributed by atoms with E-state index in [2.05, 4.69) is 22.3 Å². The molecule has 178 valence electrons. The summed E-state index contributed by atoms with van der Waals surface area (Å²) in [6, 6.07) is 16.6. The third-order valence-corrected chi connectivity index (χ3v) is 6.27. The summed E-state index contributed by atoms with van der Waals surface area (Å²) in [5, 5.41) is 2.79. The van der Waals surface area contributed by atoms with Crippen LogP contribution in [0.15, 0.2) is 60.7 Å². The van der Waals surface area contributed by atoms with Crippen LogP contribution in [0, 0.1) is 0 Å². The fourth-order valence-corrected chi connectivity index (χ4v) is 4.31. The van der Waals surface area contributed by atoms with Crippen molar-refractivity contribution in [1.29, 1.82) is 0 Å². The number of methoxy groups -OCH3 is 1. The second-order valence-corrected chi connectivity index (χ2v) is 8.35. The zero-order valence-corrected chi connectivity index (χ0v) is 19.4. The van der Waals surface area contributed by atoms with Crippen molar-refractivity contribution in [3.8, 4) is 5.75 Å². The number of anilines is 1. The van der Waals surface area contributed by atoms with E-state index in [1.165, 1.54) is 11.0 Å². The third kappa shape index (κ3) is 5.57. The molecule has 2 aliphatic heterocycles. The highest BCUT2D eigenvalue weighted by atomic mass is 16.5. The molecule has 1 unspecified atom stereocenters. The van der Waals surface area contributed by atoms with Gasteiger partial charge in [-0.15, -0.1) is 0 Å². The zero-order chi connectivity index (χ0) is 23.9. The lowest BCUT2D eigenvalue weighted by molar-refractivity contribution is -0.144. The van der Waals surface area contributed by atoms with E-state index >= 15 is 0 Å². The number of carbonyl (C=O) groups excluding carboxylic acids is 3. The zero-order valence-electron chi connectivity index (χ0n) is 19.4.